The minimum absolute atomic E-state index is 0. The fourth-order valence-electron chi connectivity index (χ4n) is 4.93. The summed E-state index contributed by atoms with van der Waals surface area (Å²) < 4.78 is 17.7. The third-order valence-electron chi connectivity index (χ3n) is 6.77. The van der Waals surface area contributed by atoms with Crippen LogP contribution in [0.5, 0.6) is 0 Å². The van der Waals surface area contributed by atoms with E-state index in [1.54, 1.807) is 6.33 Å². The van der Waals surface area contributed by atoms with Crippen LogP contribution in [-0.4, -0.2) is 57.5 Å². The second-order valence-corrected chi connectivity index (χ2v) is 8.94. The Morgan fingerprint density at radius 1 is 1.03 bits per heavy atom. The lowest BCUT2D eigenvalue weighted by Gasteiger charge is -2.23. The number of hydrogen-bond acceptors (Lipinski definition) is 4. The van der Waals surface area contributed by atoms with Gasteiger partial charge < -0.3 is 14.4 Å². The van der Waals surface area contributed by atoms with Crippen LogP contribution >= 0.6 is 13.5 Å². The molecule has 1 atom stereocenters. The maximum absolute atomic E-state index is 13.4. The topological polar surface area (TPSA) is 42.1 Å². The molecule has 2 aliphatic rings. The largest absolute Gasteiger partial charge is 0.370 e. The van der Waals surface area contributed by atoms with Gasteiger partial charge in [-0.3, -0.25) is 4.57 Å². The van der Waals surface area contributed by atoms with Crippen LogP contribution in [0.4, 0.5) is 10.1 Å². The van der Waals surface area contributed by atoms with Gasteiger partial charge in [0.25, 0.3) is 0 Å². The van der Waals surface area contributed by atoms with Gasteiger partial charge in [0, 0.05) is 43.1 Å². The zero-order chi connectivity index (χ0) is 21.8. The predicted octanol–water partition coefficient (Wildman–Crippen LogP) is 4.16. The van der Waals surface area contributed by atoms with Crippen LogP contribution in [0.15, 0.2) is 61.1 Å². The Hall–Kier alpha value is -3.10. The van der Waals surface area contributed by atoms with Crippen molar-refractivity contribution < 1.29 is 4.39 Å². The van der Waals surface area contributed by atoms with E-state index in [-0.39, 0.29) is 19.3 Å². The molecule has 0 amide bonds. The van der Waals surface area contributed by atoms with Crippen molar-refractivity contribution in [1.29, 1.82) is 0 Å². The first-order valence-corrected chi connectivity index (χ1v) is 11.0. The summed E-state index contributed by atoms with van der Waals surface area (Å²) in [5.41, 5.74) is 6.65. The highest BCUT2D eigenvalue weighted by atomic mass is 32.1. The van der Waals surface area contributed by atoms with E-state index < -0.39 is 0 Å². The number of hydrogen-bond donors (Lipinski definition) is 0. The summed E-state index contributed by atoms with van der Waals surface area (Å²) in [4.78, 5) is 4.79. The molecule has 0 bridgehead atoms. The second-order valence-electron chi connectivity index (χ2n) is 8.94. The minimum atomic E-state index is -0.228. The summed E-state index contributed by atoms with van der Waals surface area (Å²) in [5.74, 6) is 0.591. The van der Waals surface area contributed by atoms with Gasteiger partial charge >= 0.3 is 0 Å². The molecule has 2 aliphatic heterocycles. The van der Waals surface area contributed by atoms with E-state index in [9.17, 15) is 4.39 Å². The van der Waals surface area contributed by atoms with Crippen LogP contribution in [0.25, 0.3) is 28.3 Å². The Labute approximate surface area is 199 Å². The Morgan fingerprint density at radius 2 is 1.85 bits per heavy atom. The molecule has 6 nitrogen and oxygen atoms in total. The number of halogens is 1. The third kappa shape index (κ3) is 3.73. The van der Waals surface area contributed by atoms with E-state index in [1.165, 1.54) is 29.8 Å². The number of nitrogens with zero attached hydrogens (tertiary/aromatic N) is 6. The van der Waals surface area contributed by atoms with Crippen LogP contribution in [0.2, 0.25) is 0 Å². The highest BCUT2D eigenvalue weighted by Gasteiger charge is 2.26. The zero-order valence-electron chi connectivity index (χ0n) is 18.7. The number of fused-ring (bicyclic) bond motifs is 5. The SMILES string of the molecule is CN(C)[C@H]1CCN(c2ccc3c(c2)Cn2cc(-c4ccc(F)cc4)cc2-c2nncn2-3)C1.S. The number of anilines is 1. The van der Waals surface area contributed by atoms with E-state index in [4.69, 9.17) is 0 Å². The van der Waals surface area contributed by atoms with Crippen molar-refractivity contribution in [2.45, 2.75) is 19.0 Å². The Morgan fingerprint density at radius 3 is 2.61 bits per heavy atom. The quantitative estimate of drug-likeness (QED) is 0.404. The fraction of sp³-hybridized carbons (Fsp3) is 0.280. The van der Waals surface area contributed by atoms with Crippen molar-refractivity contribution in [3.05, 3.63) is 72.4 Å². The van der Waals surface area contributed by atoms with Crippen LogP contribution in [0, 0.1) is 5.82 Å². The maximum Gasteiger partial charge on any atom is 0.185 e. The minimum Gasteiger partial charge on any atom is -0.370 e. The van der Waals surface area contributed by atoms with Gasteiger partial charge in [0.05, 0.1) is 11.4 Å². The molecule has 4 aromatic rings. The lowest BCUT2D eigenvalue weighted by molar-refractivity contribution is 0.315. The molecule has 0 unspecified atom stereocenters. The Balaban J connectivity index is 0.00000228. The van der Waals surface area contributed by atoms with E-state index >= 15 is 0 Å². The average molecular weight is 463 g/mol. The molecule has 2 aromatic carbocycles. The molecular weight excluding hydrogens is 435 g/mol. The van der Waals surface area contributed by atoms with Crippen molar-refractivity contribution in [3.63, 3.8) is 0 Å². The maximum atomic E-state index is 13.4. The lowest BCUT2D eigenvalue weighted by atomic mass is 10.1. The highest BCUT2D eigenvalue weighted by molar-refractivity contribution is 7.59. The van der Waals surface area contributed by atoms with Gasteiger partial charge in [-0.15, -0.1) is 10.2 Å². The summed E-state index contributed by atoms with van der Waals surface area (Å²) in [7, 11) is 4.32. The molecule has 33 heavy (non-hydrogen) atoms. The molecule has 2 aromatic heterocycles. The van der Waals surface area contributed by atoms with Gasteiger partial charge in [0.1, 0.15) is 12.1 Å². The molecule has 0 radical (unpaired) electrons. The van der Waals surface area contributed by atoms with Gasteiger partial charge in [-0.05, 0) is 68.0 Å². The summed E-state index contributed by atoms with van der Waals surface area (Å²) in [6.45, 7) is 2.87. The zero-order valence-corrected chi connectivity index (χ0v) is 19.7. The molecule has 0 spiro atoms. The highest BCUT2D eigenvalue weighted by Crippen LogP contribution is 2.35. The van der Waals surface area contributed by atoms with Crippen molar-refractivity contribution in [2.75, 3.05) is 32.1 Å². The number of likely N-dealkylation sites (N-methyl/N-ethyl adjacent to an activating group) is 1. The fourth-order valence-corrected chi connectivity index (χ4v) is 4.93. The molecule has 0 saturated carbocycles. The van der Waals surface area contributed by atoms with Gasteiger partial charge in [0.2, 0.25) is 0 Å². The lowest BCUT2D eigenvalue weighted by Crippen LogP contribution is -2.31. The van der Waals surface area contributed by atoms with Crippen LogP contribution in [0.3, 0.4) is 0 Å². The normalized spacial score (nSPS) is 16.7. The summed E-state index contributed by atoms with van der Waals surface area (Å²) in [5, 5.41) is 8.62. The van der Waals surface area contributed by atoms with Crippen molar-refractivity contribution >= 4 is 19.2 Å². The monoisotopic (exact) mass is 462 g/mol. The smallest absolute Gasteiger partial charge is 0.185 e. The Bertz CT molecular complexity index is 1290. The first-order valence-electron chi connectivity index (χ1n) is 11.0. The summed E-state index contributed by atoms with van der Waals surface area (Å²) in [6, 6.07) is 16.0. The Kier molecular flexibility index (Phi) is 5.50. The van der Waals surface area contributed by atoms with Crippen LogP contribution < -0.4 is 4.90 Å². The second kappa shape index (κ2) is 8.35. The molecule has 6 rings (SSSR count). The van der Waals surface area contributed by atoms with Crippen LogP contribution in [0.1, 0.15) is 12.0 Å². The van der Waals surface area contributed by atoms with Crippen molar-refractivity contribution in [2.24, 2.45) is 0 Å². The number of rotatable bonds is 3. The standard InChI is InChI=1S/C25H25FN6.H2S/c1-29(2)22-9-10-30(15-22)21-7-8-23-19(11-21)14-31-13-18(17-3-5-20(26)6-4-17)12-24(31)25-28-27-16-32(23)25;/h3-8,11-13,16,22H,9-10,14-15H2,1-2H3;1H2/t22-;/m0./s1. The molecule has 0 N–H and O–H groups in total. The van der Waals surface area contributed by atoms with E-state index in [0.29, 0.717) is 6.04 Å². The van der Waals surface area contributed by atoms with Gasteiger partial charge in [-0.1, -0.05) is 12.1 Å². The molecule has 4 heterocycles. The first-order chi connectivity index (χ1) is 15.6. The van der Waals surface area contributed by atoms with Crippen molar-refractivity contribution in [3.8, 4) is 28.3 Å². The molecule has 8 heteroatoms. The van der Waals surface area contributed by atoms with Gasteiger partial charge in [-0.25, -0.2) is 4.39 Å². The summed E-state index contributed by atoms with van der Waals surface area (Å²) >= 11 is 0. The number of aromatic nitrogens is 4. The summed E-state index contributed by atoms with van der Waals surface area (Å²) in [6.07, 6.45) is 5.09. The average Bonchev–Trinajstić information content (AvgIpc) is 3.53. The van der Waals surface area contributed by atoms with Gasteiger partial charge in [-0.2, -0.15) is 13.5 Å². The first kappa shape index (κ1) is 21.7. The van der Waals surface area contributed by atoms with Gasteiger partial charge in [0.15, 0.2) is 5.82 Å². The van der Waals surface area contributed by atoms with Crippen LogP contribution in [-0.2, 0) is 6.54 Å². The van der Waals surface area contributed by atoms with E-state index in [2.05, 4.69) is 73.7 Å². The predicted molar refractivity (Wildman–Crippen MR) is 134 cm³/mol. The van der Waals surface area contributed by atoms with E-state index in [1.807, 2.05) is 12.1 Å². The molecule has 1 saturated heterocycles. The van der Waals surface area contributed by atoms with Crippen molar-refractivity contribution in [1.82, 2.24) is 24.2 Å². The molecule has 170 valence electrons. The molecule has 0 aliphatic carbocycles. The number of benzene rings is 2. The molecule has 1 fully saturated rings. The van der Waals surface area contributed by atoms with E-state index in [0.717, 1.165) is 48.0 Å². The molecular formula is C25H27FN6S. The third-order valence-corrected chi connectivity index (χ3v) is 6.77.